The molecule has 56 heavy (non-hydrogen) atoms. The van der Waals surface area contributed by atoms with Crippen molar-refractivity contribution in [3.63, 3.8) is 0 Å². The summed E-state index contributed by atoms with van der Waals surface area (Å²) in [5.74, 6) is 0.232. The van der Waals surface area contributed by atoms with Crippen molar-refractivity contribution >= 4 is 5.97 Å². The van der Waals surface area contributed by atoms with Crippen molar-refractivity contribution in [1.29, 1.82) is 0 Å². The van der Waals surface area contributed by atoms with Crippen LogP contribution in [0.2, 0.25) is 0 Å². The van der Waals surface area contributed by atoms with Gasteiger partial charge in [-0.15, -0.1) is 0 Å². The molecule has 0 bridgehead atoms. The van der Waals surface area contributed by atoms with Crippen LogP contribution in [0.25, 0.3) is 0 Å². The van der Waals surface area contributed by atoms with Crippen LogP contribution in [0.4, 0.5) is 0 Å². The van der Waals surface area contributed by atoms with Gasteiger partial charge in [0.2, 0.25) is 0 Å². The first-order valence-electron chi connectivity index (χ1n) is 20.8. The Kier molecular flexibility index (Phi) is 21.5. The summed E-state index contributed by atoms with van der Waals surface area (Å²) in [4.78, 5) is 12.6. The van der Waals surface area contributed by atoms with E-state index in [1.54, 1.807) is 0 Å². The number of hydrogen-bond donors (Lipinski definition) is 1. The van der Waals surface area contributed by atoms with Gasteiger partial charge in [0.25, 0.3) is 0 Å². The third kappa shape index (κ3) is 19.1. The third-order valence-corrected chi connectivity index (χ3v) is 10.4. The Morgan fingerprint density at radius 2 is 1.29 bits per heavy atom. The molecule has 2 aliphatic rings. The average Bonchev–Trinajstić information content (AvgIpc) is 3.09. The molecule has 3 unspecified atom stereocenters. The minimum Gasteiger partial charge on any atom is -0.462 e. The molecule has 0 spiro atoms. The third-order valence-electron chi connectivity index (χ3n) is 10.4. The number of aliphatic hydroxyl groups is 1. The minimum atomic E-state index is -0.339. The maximum absolute atomic E-state index is 12.6. The Balaban J connectivity index is 1.84. The molecule has 3 nitrogen and oxygen atoms in total. The Hall–Kier alpha value is -4.21. The molecule has 0 heterocycles. The van der Waals surface area contributed by atoms with E-state index in [9.17, 15) is 9.90 Å². The predicted molar refractivity (Wildman–Crippen MR) is 244 cm³/mol. The lowest BCUT2D eigenvalue weighted by Crippen LogP contribution is -2.32. The second kappa shape index (κ2) is 25.1. The Morgan fingerprint density at radius 3 is 1.86 bits per heavy atom. The topological polar surface area (TPSA) is 46.5 Å². The molecule has 0 saturated heterocycles. The van der Waals surface area contributed by atoms with E-state index in [2.05, 4.69) is 198 Å². The van der Waals surface area contributed by atoms with Gasteiger partial charge in [-0.25, -0.2) is 0 Å². The van der Waals surface area contributed by atoms with Crippen LogP contribution in [0.1, 0.15) is 128 Å². The number of aliphatic hydroxyl groups excluding tert-OH is 1. The highest BCUT2D eigenvalue weighted by Gasteiger charge is 2.35. The molecule has 0 radical (unpaired) electrons. The number of carbonyl (C=O) groups excluding carboxylic acids is 1. The van der Waals surface area contributed by atoms with Crippen LogP contribution in [-0.4, -0.2) is 23.3 Å². The molecule has 0 saturated carbocycles. The molecule has 0 amide bonds. The zero-order valence-electron chi connectivity index (χ0n) is 36.8. The van der Waals surface area contributed by atoms with Gasteiger partial charge in [-0.2, -0.15) is 0 Å². The van der Waals surface area contributed by atoms with E-state index in [0.717, 1.165) is 38.5 Å². The van der Waals surface area contributed by atoms with Crippen molar-refractivity contribution in [2.75, 3.05) is 0 Å². The smallest absolute Gasteiger partial charge is 0.306 e. The standard InChI is InChI=1S/C53H74O3/c1-12-13-14-15-16-17-18-19-20-21-32-51(55)56-48-38-46(7)50(53(10,11)40-48)36-34-44(5)31-25-29-42(3)27-23-22-26-41(2)28-24-30-43(4)33-35-49-45(6)37-47(54)39-52(49,8)9/h13-14,16-17,19-20,22-31,33-37,47-49,54H,12,15,18,21,32,38-40H2,1-11H3. The van der Waals surface area contributed by atoms with Crippen LogP contribution in [-0.2, 0) is 9.53 Å². The monoisotopic (exact) mass is 759 g/mol. The molecule has 0 fully saturated rings. The molecule has 3 heteroatoms. The molecule has 0 aliphatic heterocycles. The molecular weight excluding hydrogens is 685 g/mol. The zero-order chi connectivity index (χ0) is 41.6. The quantitative estimate of drug-likeness (QED) is 0.0811. The lowest BCUT2D eigenvalue weighted by molar-refractivity contribution is -0.150. The van der Waals surface area contributed by atoms with Crippen molar-refractivity contribution in [1.82, 2.24) is 0 Å². The Morgan fingerprint density at radius 1 is 0.750 bits per heavy atom. The highest BCUT2D eigenvalue weighted by molar-refractivity contribution is 5.69. The SMILES string of the molecule is CCC=CCC=CCC=CCCC(=O)OC1CC(C)=C(C=CC(C)=CC=CC(C)=CC=CC=C(C)C=CC=C(C)C=CC2C(C)=CC(O)CC2(C)C)C(C)(C)C1. The fourth-order valence-corrected chi connectivity index (χ4v) is 7.47. The Labute approximate surface area is 342 Å². The van der Waals surface area contributed by atoms with E-state index < -0.39 is 0 Å². The van der Waals surface area contributed by atoms with E-state index in [1.165, 1.54) is 39.0 Å². The van der Waals surface area contributed by atoms with Gasteiger partial charge in [0.05, 0.1) is 6.10 Å². The summed E-state index contributed by atoms with van der Waals surface area (Å²) in [6, 6.07) is 0. The molecule has 0 aromatic heterocycles. The molecule has 304 valence electrons. The van der Waals surface area contributed by atoms with Gasteiger partial charge in [-0.3, -0.25) is 4.79 Å². The summed E-state index contributed by atoms with van der Waals surface area (Å²) in [6.07, 6.45) is 51.0. The van der Waals surface area contributed by atoms with Gasteiger partial charge in [0.1, 0.15) is 6.10 Å². The summed E-state index contributed by atoms with van der Waals surface area (Å²) < 4.78 is 5.93. The lowest BCUT2D eigenvalue weighted by atomic mass is 9.67. The summed E-state index contributed by atoms with van der Waals surface area (Å²) in [7, 11) is 0. The van der Waals surface area contributed by atoms with Crippen molar-refractivity contribution < 1.29 is 14.6 Å². The van der Waals surface area contributed by atoms with Crippen LogP contribution in [0.15, 0.2) is 167 Å². The number of carbonyl (C=O) groups is 1. The second-order valence-electron chi connectivity index (χ2n) is 17.0. The average molecular weight is 759 g/mol. The molecule has 0 aromatic carbocycles. The van der Waals surface area contributed by atoms with Crippen LogP contribution in [0.5, 0.6) is 0 Å². The van der Waals surface area contributed by atoms with E-state index in [1.807, 2.05) is 6.08 Å². The highest BCUT2D eigenvalue weighted by Crippen LogP contribution is 2.43. The van der Waals surface area contributed by atoms with Gasteiger partial charge in [0, 0.05) is 18.8 Å². The van der Waals surface area contributed by atoms with Gasteiger partial charge in [-0.1, -0.05) is 196 Å². The zero-order valence-corrected chi connectivity index (χ0v) is 36.8. The van der Waals surface area contributed by atoms with Crippen LogP contribution in [0.3, 0.4) is 0 Å². The molecule has 1 N–H and O–H groups in total. The van der Waals surface area contributed by atoms with Crippen LogP contribution in [0, 0.1) is 16.7 Å². The molecule has 3 atom stereocenters. The number of hydrogen-bond acceptors (Lipinski definition) is 3. The fourth-order valence-electron chi connectivity index (χ4n) is 7.47. The van der Waals surface area contributed by atoms with Crippen molar-refractivity contribution in [3.05, 3.63) is 167 Å². The summed E-state index contributed by atoms with van der Waals surface area (Å²) in [5, 5.41) is 10.1. The van der Waals surface area contributed by atoms with Crippen LogP contribution < -0.4 is 0 Å². The van der Waals surface area contributed by atoms with Gasteiger partial charge in [0.15, 0.2) is 0 Å². The first kappa shape index (κ1) is 47.9. The highest BCUT2D eigenvalue weighted by atomic mass is 16.5. The van der Waals surface area contributed by atoms with Gasteiger partial charge < -0.3 is 9.84 Å². The first-order valence-corrected chi connectivity index (χ1v) is 20.8. The summed E-state index contributed by atoms with van der Waals surface area (Å²) in [5.41, 5.74) is 8.58. The van der Waals surface area contributed by atoms with E-state index in [-0.39, 0.29) is 29.0 Å². The summed E-state index contributed by atoms with van der Waals surface area (Å²) >= 11 is 0. The van der Waals surface area contributed by atoms with Crippen molar-refractivity contribution in [3.8, 4) is 0 Å². The number of allylic oxidation sites excluding steroid dienone is 26. The Bertz CT molecular complexity index is 1710. The molecule has 2 rings (SSSR count). The van der Waals surface area contributed by atoms with Crippen LogP contribution >= 0.6 is 0 Å². The second-order valence-corrected chi connectivity index (χ2v) is 17.0. The van der Waals surface area contributed by atoms with Gasteiger partial charge in [-0.05, 0) is 96.5 Å². The molecule has 2 aliphatic carbocycles. The van der Waals surface area contributed by atoms with Crippen molar-refractivity contribution in [2.45, 2.75) is 140 Å². The van der Waals surface area contributed by atoms with Gasteiger partial charge >= 0.3 is 5.97 Å². The number of esters is 1. The first-order chi connectivity index (χ1) is 26.5. The summed E-state index contributed by atoms with van der Waals surface area (Å²) in [6.45, 7) is 23.9. The predicted octanol–water partition coefficient (Wildman–Crippen LogP) is 14.6. The van der Waals surface area contributed by atoms with E-state index >= 15 is 0 Å². The molecular formula is C53H74O3. The maximum atomic E-state index is 12.6. The van der Waals surface area contributed by atoms with Crippen molar-refractivity contribution in [2.24, 2.45) is 16.7 Å². The lowest BCUT2D eigenvalue weighted by Gasteiger charge is -2.38. The van der Waals surface area contributed by atoms with E-state index in [0.29, 0.717) is 18.8 Å². The fraction of sp³-hybridized carbons (Fsp3) is 0.453. The maximum Gasteiger partial charge on any atom is 0.306 e. The van der Waals surface area contributed by atoms with E-state index in [4.69, 9.17) is 4.74 Å². The minimum absolute atomic E-state index is 0.0469. The normalized spacial score (nSPS) is 23.2. The number of rotatable bonds is 19. The molecule has 0 aromatic rings. The number of ether oxygens (including phenoxy) is 1. The largest absolute Gasteiger partial charge is 0.462 e.